The third-order valence-corrected chi connectivity index (χ3v) is 3.30. The molecule has 1 heterocycles. The van der Waals surface area contributed by atoms with Crippen LogP contribution in [-0.4, -0.2) is 17.4 Å². The van der Waals surface area contributed by atoms with Crippen LogP contribution >= 0.6 is 0 Å². The summed E-state index contributed by atoms with van der Waals surface area (Å²) in [5.74, 6) is 0.611. The van der Waals surface area contributed by atoms with E-state index in [1.807, 2.05) is 32.0 Å². The first kappa shape index (κ1) is 15.0. The van der Waals surface area contributed by atoms with E-state index in [1.165, 1.54) is 0 Å². The van der Waals surface area contributed by atoms with E-state index in [0.29, 0.717) is 5.56 Å². The minimum atomic E-state index is -0.116. The Labute approximate surface area is 125 Å². The molecule has 0 spiro atoms. The van der Waals surface area contributed by atoms with Gasteiger partial charge in [-0.15, -0.1) is 0 Å². The molecule has 4 nitrogen and oxygen atoms in total. The highest BCUT2D eigenvalue weighted by atomic mass is 16.1. The lowest BCUT2D eigenvalue weighted by molar-refractivity contribution is 0.102. The highest BCUT2D eigenvalue weighted by Gasteiger charge is 2.10. The topological polar surface area (TPSA) is 54.0 Å². The van der Waals surface area contributed by atoms with Gasteiger partial charge in [-0.1, -0.05) is 25.1 Å². The smallest absolute Gasteiger partial charge is 0.255 e. The molecule has 0 aliphatic rings. The number of aryl methyl sites for hydroxylation is 2. The van der Waals surface area contributed by atoms with Crippen molar-refractivity contribution in [2.75, 3.05) is 17.2 Å². The summed E-state index contributed by atoms with van der Waals surface area (Å²) < 4.78 is 0. The van der Waals surface area contributed by atoms with Gasteiger partial charge in [0.2, 0.25) is 0 Å². The number of anilines is 2. The zero-order valence-corrected chi connectivity index (χ0v) is 12.7. The number of carbonyl (C=O) groups excluding carboxylic acids is 1. The van der Waals surface area contributed by atoms with Crippen molar-refractivity contribution in [3.63, 3.8) is 0 Å². The number of para-hydroxylation sites is 1. The lowest BCUT2D eigenvalue weighted by Gasteiger charge is -2.12. The number of pyridine rings is 1. The largest absolute Gasteiger partial charge is 0.370 e. The Balaban J connectivity index is 2.17. The molecule has 4 heteroatoms. The molecule has 0 saturated carbocycles. The fourth-order valence-electron chi connectivity index (χ4n) is 2.12. The van der Waals surface area contributed by atoms with Crippen molar-refractivity contribution < 1.29 is 4.79 Å². The zero-order valence-electron chi connectivity index (χ0n) is 12.7. The van der Waals surface area contributed by atoms with Crippen molar-refractivity contribution in [3.8, 4) is 0 Å². The van der Waals surface area contributed by atoms with Gasteiger partial charge in [0.15, 0.2) is 0 Å². The predicted octanol–water partition coefficient (Wildman–Crippen LogP) is 3.77. The lowest BCUT2D eigenvalue weighted by Crippen LogP contribution is -2.14. The maximum absolute atomic E-state index is 12.4. The van der Waals surface area contributed by atoms with Crippen LogP contribution in [0.25, 0.3) is 0 Å². The molecule has 0 aliphatic carbocycles. The monoisotopic (exact) mass is 283 g/mol. The van der Waals surface area contributed by atoms with Crippen LogP contribution in [0.4, 0.5) is 11.5 Å². The molecule has 0 aliphatic heterocycles. The van der Waals surface area contributed by atoms with Crippen LogP contribution in [0.1, 0.15) is 34.8 Å². The maximum Gasteiger partial charge on any atom is 0.255 e. The third-order valence-electron chi connectivity index (χ3n) is 3.30. The number of amides is 1. The molecular formula is C17H21N3O. The first-order valence-corrected chi connectivity index (χ1v) is 7.19. The van der Waals surface area contributed by atoms with E-state index < -0.39 is 0 Å². The van der Waals surface area contributed by atoms with Crippen LogP contribution in [0.3, 0.4) is 0 Å². The van der Waals surface area contributed by atoms with Gasteiger partial charge in [0.1, 0.15) is 5.82 Å². The summed E-state index contributed by atoms with van der Waals surface area (Å²) in [7, 11) is 0. The molecule has 0 fully saturated rings. The summed E-state index contributed by atoms with van der Waals surface area (Å²) >= 11 is 0. The molecule has 1 amide bonds. The minimum absolute atomic E-state index is 0.116. The standard InChI is InChI=1S/C17H21N3O/c1-4-9-18-15-11-14(8-10-19-15)17(21)20-16-12(2)6-5-7-13(16)3/h5-8,10-11H,4,9H2,1-3H3,(H,18,19)(H,20,21). The molecule has 2 rings (SSSR count). The van der Waals surface area contributed by atoms with E-state index >= 15 is 0 Å². The van der Waals surface area contributed by atoms with Gasteiger partial charge in [-0.3, -0.25) is 4.79 Å². The van der Waals surface area contributed by atoms with E-state index in [2.05, 4.69) is 22.5 Å². The normalized spacial score (nSPS) is 10.2. The SMILES string of the molecule is CCCNc1cc(C(=O)Nc2c(C)cccc2C)ccn1. The molecule has 0 radical (unpaired) electrons. The van der Waals surface area contributed by atoms with Crippen molar-refractivity contribution >= 4 is 17.4 Å². The van der Waals surface area contributed by atoms with Gasteiger partial charge < -0.3 is 10.6 Å². The summed E-state index contributed by atoms with van der Waals surface area (Å²) in [4.78, 5) is 16.6. The van der Waals surface area contributed by atoms with E-state index in [1.54, 1.807) is 18.3 Å². The van der Waals surface area contributed by atoms with Gasteiger partial charge in [0, 0.05) is 24.0 Å². The number of aromatic nitrogens is 1. The van der Waals surface area contributed by atoms with Crippen molar-refractivity contribution in [3.05, 3.63) is 53.2 Å². The molecule has 0 atom stereocenters. The Hall–Kier alpha value is -2.36. The third kappa shape index (κ3) is 3.81. The molecule has 1 aromatic carbocycles. The van der Waals surface area contributed by atoms with Crippen molar-refractivity contribution in [1.29, 1.82) is 0 Å². The van der Waals surface area contributed by atoms with Gasteiger partial charge in [0.25, 0.3) is 5.91 Å². The molecule has 110 valence electrons. The minimum Gasteiger partial charge on any atom is -0.370 e. The van der Waals surface area contributed by atoms with Crippen molar-refractivity contribution in [1.82, 2.24) is 4.98 Å². The fraction of sp³-hybridized carbons (Fsp3) is 0.294. The molecular weight excluding hydrogens is 262 g/mol. The van der Waals surface area contributed by atoms with Crippen LogP contribution in [0.5, 0.6) is 0 Å². The lowest BCUT2D eigenvalue weighted by atomic mass is 10.1. The highest BCUT2D eigenvalue weighted by molar-refractivity contribution is 6.05. The van der Waals surface area contributed by atoms with Crippen LogP contribution in [0, 0.1) is 13.8 Å². The fourth-order valence-corrected chi connectivity index (χ4v) is 2.12. The molecule has 1 aromatic heterocycles. The number of hydrogen-bond donors (Lipinski definition) is 2. The highest BCUT2D eigenvalue weighted by Crippen LogP contribution is 2.20. The maximum atomic E-state index is 12.4. The van der Waals surface area contributed by atoms with E-state index in [-0.39, 0.29) is 5.91 Å². The number of carbonyl (C=O) groups is 1. The molecule has 0 saturated heterocycles. The first-order chi connectivity index (χ1) is 10.1. The second-order valence-electron chi connectivity index (χ2n) is 5.08. The van der Waals surface area contributed by atoms with Crippen LogP contribution in [0.2, 0.25) is 0 Å². The Morgan fingerprint density at radius 2 is 1.90 bits per heavy atom. The van der Waals surface area contributed by atoms with E-state index in [9.17, 15) is 4.79 Å². The number of nitrogens with zero attached hydrogens (tertiary/aromatic N) is 1. The van der Waals surface area contributed by atoms with Gasteiger partial charge in [0.05, 0.1) is 0 Å². The Kier molecular flexibility index (Phi) is 4.93. The molecule has 2 aromatic rings. The second-order valence-corrected chi connectivity index (χ2v) is 5.08. The van der Waals surface area contributed by atoms with E-state index in [0.717, 1.165) is 35.6 Å². The van der Waals surface area contributed by atoms with Crippen LogP contribution in [-0.2, 0) is 0 Å². The molecule has 0 unspecified atom stereocenters. The van der Waals surface area contributed by atoms with Crippen molar-refractivity contribution in [2.24, 2.45) is 0 Å². The quantitative estimate of drug-likeness (QED) is 0.878. The van der Waals surface area contributed by atoms with Crippen LogP contribution < -0.4 is 10.6 Å². The summed E-state index contributed by atoms with van der Waals surface area (Å²) in [6.45, 7) is 6.91. The Morgan fingerprint density at radius 1 is 1.19 bits per heavy atom. The molecule has 2 N–H and O–H groups in total. The summed E-state index contributed by atoms with van der Waals surface area (Å²) in [6.07, 6.45) is 2.66. The van der Waals surface area contributed by atoms with Gasteiger partial charge >= 0.3 is 0 Å². The van der Waals surface area contributed by atoms with Gasteiger partial charge in [-0.25, -0.2) is 4.98 Å². The van der Waals surface area contributed by atoms with Gasteiger partial charge in [-0.05, 0) is 43.5 Å². The number of hydrogen-bond acceptors (Lipinski definition) is 3. The molecule has 0 bridgehead atoms. The Bertz CT molecular complexity index is 617. The van der Waals surface area contributed by atoms with Crippen molar-refractivity contribution in [2.45, 2.75) is 27.2 Å². The second kappa shape index (κ2) is 6.88. The molecule has 21 heavy (non-hydrogen) atoms. The van der Waals surface area contributed by atoms with Gasteiger partial charge in [-0.2, -0.15) is 0 Å². The predicted molar refractivity (Wildman–Crippen MR) is 86.9 cm³/mol. The van der Waals surface area contributed by atoms with E-state index in [4.69, 9.17) is 0 Å². The number of nitrogens with one attached hydrogen (secondary N) is 2. The number of rotatable bonds is 5. The Morgan fingerprint density at radius 3 is 2.57 bits per heavy atom. The summed E-state index contributed by atoms with van der Waals surface area (Å²) in [6, 6.07) is 9.46. The number of benzene rings is 1. The summed E-state index contributed by atoms with van der Waals surface area (Å²) in [5, 5.41) is 6.17. The first-order valence-electron chi connectivity index (χ1n) is 7.19. The summed E-state index contributed by atoms with van der Waals surface area (Å²) in [5.41, 5.74) is 3.59. The van der Waals surface area contributed by atoms with Crippen LogP contribution in [0.15, 0.2) is 36.5 Å². The average Bonchev–Trinajstić information content (AvgIpc) is 2.49. The zero-order chi connectivity index (χ0) is 15.2. The average molecular weight is 283 g/mol.